The van der Waals surface area contributed by atoms with Gasteiger partial charge in [0.25, 0.3) is 0 Å². The van der Waals surface area contributed by atoms with Crippen molar-refractivity contribution in [2.75, 3.05) is 44.7 Å². The average molecular weight is 290 g/mol. The van der Waals surface area contributed by atoms with Crippen LogP contribution in [0.5, 0.6) is 0 Å². The number of hydrogen-bond donors (Lipinski definition) is 0. The summed E-state index contributed by atoms with van der Waals surface area (Å²) in [5.41, 5.74) is 0. The van der Waals surface area contributed by atoms with Crippen LogP contribution in [-0.4, -0.2) is 72.7 Å². The summed E-state index contributed by atoms with van der Waals surface area (Å²) in [6.07, 6.45) is 1.34. The number of cyclic esters (lactones) is 1. The highest BCUT2D eigenvalue weighted by Gasteiger charge is 2.38. The van der Waals surface area contributed by atoms with Crippen molar-refractivity contribution in [2.45, 2.75) is 6.04 Å². The number of carbonyl (C=O) groups excluding carboxylic acids is 2. The number of likely N-dealkylation sites (N-methyl/N-ethyl adjacent to an activating group) is 1. The molecule has 0 saturated carbocycles. The highest BCUT2D eigenvalue weighted by atomic mass is 16.6. The maximum Gasteiger partial charge on any atom is 0.410 e. The SMILES string of the molecule is CN1C(=O)OCC1C(=O)N1CCN(c2ccccn2)CC1. The van der Waals surface area contributed by atoms with Crippen LogP contribution < -0.4 is 4.90 Å². The van der Waals surface area contributed by atoms with Crippen molar-refractivity contribution in [1.29, 1.82) is 0 Å². The number of carbonyl (C=O) groups is 2. The summed E-state index contributed by atoms with van der Waals surface area (Å²) in [4.78, 5) is 33.4. The summed E-state index contributed by atoms with van der Waals surface area (Å²) in [7, 11) is 1.60. The van der Waals surface area contributed by atoms with Crippen LogP contribution >= 0.6 is 0 Å². The Balaban J connectivity index is 1.58. The second kappa shape index (κ2) is 5.59. The van der Waals surface area contributed by atoms with Gasteiger partial charge < -0.3 is 14.5 Å². The normalized spacial score (nSPS) is 22.4. The third-order valence-electron chi connectivity index (χ3n) is 3.97. The molecule has 7 heteroatoms. The van der Waals surface area contributed by atoms with Crippen LogP contribution in [0.25, 0.3) is 0 Å². The van der Waals surface area contributed by atoms with Crippen molar-refractivity contribution in [3.8, 4) is 0 Å². The smallest absolute Gasteiger partial charge is 0.410 e. The molecule has 112 valence electrons. The van der Waals surface area contributed by atoms with E-state index in [4.69, 9.17) is 4.74 Å². The molecule has 3 rings (SSSR count). The Morgan fingerprint density at radius 1 is 1.29 bits per heavy atom. The lowest BCUT2D eigenvalue weighted by atomic mass is 10.2. The largest absolute Gasteiger partial charge is 0.447 e. The number of rotatable bonds is 2. The molecule has 2 aliphatic heterocycles. The number of piperazine rings is 1. The summed E-state index contributed by atoms with van der Waals surface area (Å²) >= 11 is 0. The van der Waals surface area contributed by atoms with Crippen molar-refractivity contribution in [3.63, 3.8) is 0 Å². The van der Waals surface area contributed by atoms with Crippen molar-refractivity contribution in [2.24, 2.45) is 0 Å². The number of pyridine rings is 1. The van der Waals surface area contributed by atoms with Gasteiger partial charge in [-0.3, -0.25) is 9.69 Å². The van der Waals surface area contributed by atoms with Crippen molar-refractivity contribution in [3.05, 3.63) is 24.4 Å². The van der Waals surface area contributed by atoms with Gasteiger partial charge >= 0.3 is 6.09 Å². The fraction of sp³-hybridized carbons (Fsp3) is 0.500. The summed E-state index contributed by atoms with van der Waals surface area (Å²) in [6, 6.07) is 5.32. The Kier molecular flexibility index (Phi) is 3.64. The summed E-state index contributed by atoms with van der Waals surface area (Å²) in [5.74, 6) is 0.894. The third kappa shape index (κ3) is 2.63. The lowest BCUT2D eigenvalue weighted by Gasteiger charge is -2.36. The lowest BCUT2D eigenvalue weighted by molar-refractivity contribution is -0.135. The molecule has 2 aliphatic rings. The Morgan fingerprint density at radius 3 is 2.62 bits per heavy atom. The molecule has 3 heterocycles. The van der Waals surface area contributed by atoms with Crippen LogP contribution in [0.2, 0.25) is 0 Å². The van der Waals surface area contributed by atoms with Gasteiger partial charge in [0.15, 0.2) is 0 Å². The van der Waals surface area contributed by atoms with Crippen LogP contribution in [0.1, 0.15) is 0 Å². The maximum absolute atomic E-state index is 12.4. The molecule has 0 N–H and O–H groups in total. The van der Waals surface area contributed by atoms with Crippen molar-refractivity contribution >= 4 is 17.8 Å². The topological polar surface area (TPSA) is 66.0 Å². The second-order valence-electron chi connectivity index (χ2n) is 5.20. The van der Waals surface area contributed by atoms with Gasteiger partial charge in [-0.15, -0.1) is 0 Å². The zero-order valence-corrected chi connectivity index (χ0v) is 11.9. The van der Waals surface area contributed by atoms with E-state index >= 15 is 0 Å². The minimum Gasteiger partial charge on any atom is -0.447 e. The van der Waals surface area contributed by atoms with E-state index in [-0.39, 0.29) is 12.5 Å². The highest BCUT2D eigenvalue weighted by molar-refractivity contribution is 5.88. The number of nitrogens with zero attached hydrogens (tertiary/aromatic N) is 4. The predicted molar refractivity (Wildman–Crippen MR) is 75.9 cm³/mol. The molecule has 0 aromatic carbocycles. The van der Waals surface area contributed by atoms with E-state index in [0.717, 1.165) is 18.9 Å². The fourth-order valence-electron chi connectivity index (χ4n) is 2.64. The Hall–Kier alpha value is -2.31. The first-order valence-electron chi connectivity index (χ1n) is 7.01. The van der Waals surface area contributed by atoms with Gasteiger partial charge in [0.2, 0.25) is 5.91 Å². The first kappa shape index (κ1) is 13.7. The van der Waals surface area contributed by atoms with Crippen LogP contribution in [0, 0.1) is 0 Å². The number of ether oxygens (including phenoxy) is 1. The van der Waals surface area contributed by atoms with E-state index in [0.29, 0.717) is 13.1 Å². The zero-order valence-electron chi connectivity index (χ0n) is 11.9. The first-order valence-corrected chi connectivity index (χ1v) is 7.01. The molecule has 21 heavy (non-hydrogen) atoms. The Labute approximate surface area is 123 Å². The van der Waals surface area contributed by atoms with E-state index in [2.05, 4.69) is 9.88 Å². The molecule has 0 radical (unpaired) electrons. The maximum atomic E-state index is 12.4. The molecular weight excluding hydrogens is 272 g/mol. The number of amides is 2. The molecule has 2 saturated heterocycles. The summed E-state index contributed by atoms with van der Waals surface area (Å²) in [6.45, 7) is 2.90. The average Bonchev–Trinajstić information content (AvgIpc) is 2.87. The van der Waals surface area contributed by atoms with Crippen LogP contribution in [0.3, 0.4) is 0 Å². The number of anilines is 1. The van der Waals surface area contributed by atoms with E-state index in [9.17, 15) is 9.59 Å². The van der Waals surface area contributed by atoms with Gasteiger partial charge in [0.05, 0.1) is 0 Å². The minimum absolute atomic E-state index is 0.0379. The van der Waals surface area contributed by atoms with Gasteiger partial charge in [-0.1, -0.05) is 6.07 Å². The second-order valence-corrected chi connectivity index (χ2v) is 5.20. The monoisotopic (exact) mass is 290 g/mol. The minimum atomic E-state index is -0.487. The molecule has 1 aromatic heterocycles. The zero-order chi connectivity index (χ0) is 14.8. The molecular formula is C14H18N4O3. The van der Waals surface area contributed by atoms with Crippen molar-refractivity contribution < 1.29 is 14.3 Å². The molecule has 1 unspecified atom stereocenters. The van der Waals surface area contributed by atoms with Crippen LogP contribution in [0.15, 0.2) is 24.4 Å². The first-order chi connectivity index (χ1) is 10.2. The lowest BCUT2D eigenvalue weighted by Crippen LogP contribution is -2.54. The van der Waals surface area contributed by atoms with E-state index in [1.165, 1.54) is 4.90 Å². The van der Waals surface area contributed by atoms with Gasteiger partial charge in [0.1, 0.15) is 18.5 Å². The molecule has 0 aliphatic carbocycles. The molecule has 1 aromatic rings. The van der Waals surface area contributed by atoms with E-state index in [1.54, 1.807) is 18.1 Å². The van der Waals surface area contributed by atoms with Gasteiger partial charge in [-0.2, -0.15) is 0 Å². The fourth-order valence-corrected chi connectivity index (χ4v) is 2.64. The number of hydrogen-bond acceptors (Lipinski definition) is 5. The van der Waals surface area contributed by atoms with Gasteiger partial charge in [0, 0.05) is 39.4 Å². The van der Waals surface area contributed by atoms with Crippen LogP contribution in [-0.2, 0) is 9.53 Å². The molecule has 0 bridgehead atoms. The Morgan fingerprint density at radius 2 is 2.05 bits per heavy atom. The highest BCUT2D eigenvalue weighted by Crippen LogP contribution is 2.16. The molecule has 7 nitrogen and oxygen atoms in total. The molecule has 2 amide bonds. The van der Waals surface area contributed by atoms with E-state index < -0.39 is 12.1 Å². The summed E-state index contributed by atoms with van der Waals surface area (Å²) in [5, 5.41) is 0. The van der Waals surface area contributed by atoms with Gasteiger partial charge in [-0.25, -0.2) is 9.78 Å². The number of aromatic nitrogens is 1. The quantitative estimate of drug-likeness (QED) is 0.777. The van der Waals surface area contributed by atoms with E-state index in [1.807, 2.05) is 18.2 Å². The van der Waals surface area contributed by atoms with Gasteiger partial charge in [-0.05, 0) is 12.1 Å². The molecule has 2 fully saturated rings. The molecule has 1 atom stereocenters. The van der Waals surface area contributed by atoms with Crippen LogP contribution in [0.4, 0.5) is 10.6 Å². The predicted octanol–water partition coefficient (Wildman–Crippen LogP) is 0.181. The third-order valence-corrected chi connectivity index (χ3v) is 3.97. The standard InChI is InChI=1S/C14H18N4O3/c1-16-11(10-21-14(16)20)13(19)18-8-6-17(7-9-18)12-4-2-3-5-15-12/h2-5,11H,6-10H2,1H3. The Bertz CT molecular complexity index is 528. The van der Waals surface area contributed by atoms with Crippen molar-refractivity contribution in [1.82, 2.24) is 14.8 Å². The summed E-state index contributed by atoms with van der Waals surface area (Å²) < 4.78 is 4.90. The molecule has 0 spiro atoms.